The lowest BCUT2D eigenvalue weighted by atomic mass is 10.1. The van der Waals surface area contributed by atoms with Crippen LogP contribution in [-0.4, -0.2) is 29.9 Å². The number of nitrogens with one attached hydrogen (secondary N) is 1. The Morgan fingerprint density at radius 2 is 1.75 bits per heavy atom. The lowest BCUT2D eigenvalue weighted by Gasteiger charge is -2.36. The second-order valence-electron chi connectivity index (χ2n) is 6.64. The minimum atomic E-state index is -0.344. The first kappa shape index (κ1) is 17.9. The molecular formula is C22H21N3O3. The van der Waals surface area contributed by atoms with Gasteiger partial charge in [0.1, 0.15) is 0 Å². The van der Waals surface area contributed by atoms with E-state index in [1.807, 2.05) is 53.4 Å². The van der Waals surface area contributed by atoms with Crippen molar-refractivity contribution in [1.29, 1.82) is 0 Å². The quantitative estimate of drug-likeness (QED) is 0.720. The van der Waals surface area contributed by atoms with Gasteiger partial charge in [-0.05, 0) is 36.2 Å². The van der Waals surface area contributed by atoms with E-state index in [0.717, 1.165) is 12.0 Å². The van der Waals surface area contributed by atoms with Crippen LogP contribution in [0.2, 0.25) is 0 Å². The third-order valence-corrected chi connectivity index (χ3v) is 4.72. The molecule has 6 nitrogen and oxygen atoms in total. The minimum absolute atomic E-state index is 0.0604. The zero-order valence-electron chi connectivity index (χ0n) is 15.4. The van der Waals surface area contributed by atoms with Crippen molar-refractivity contribution in [2.75, 3.05) is 23.3 Å². The van der Waals surface area contributed by atoms with Crippen molar-refractivity contribution in [2.45, 2.75) is 13.0 Å². The number of benzene rings is 2. The summed E-state index contributed by atoms with van der Waals surface area (Å²) in [5.41, 5.74) is 2.36. The number of carbonyl (C=O) groups is 2. The first-order chi connectivity index (χ1) is 13.7. The molecule has 1 aliphatic rings. The molecule has 2 heterocycles. The predicted molar refractivity (Wildman–Crippen MR) is 107 cm³/mol. The van der Waals surface area contributed by atoms with Crippen LogP contribution in [0.5, 0.6) is 0 Å². The third-order valence-electron chi connectivity index (χ3n) is 4.72. The maximum absolute atomic E-state index is 13.1. The number of amides is 3. The molecule has 1 aliphatic heterocycles. The van der Waals surface area contributed by atoms with Crippen LogP contribution in [0.25, 0.3) is 0 Å². The Kier molecular flexibility index (Phi) is 5.10. The number of para-hydroxylation sites is 2. The first-order valence-corrected chi connectivity index (χ1v) is 9.26. The predicted octanol–water partition coefficient (Wildman–Crippen LogP) is 4.36. The Bertz CT molecular complexity index is 954. The van der Waals surface area contributed by atoms with Gasteiger partial charge in [-0.3, -0.25) is 9.69 Å². The molecular weight excluding hydrogens is 354 g/mol. The average molecular weight is 375 g/mol. The lowest BCUT2D eigenvalue weighted by molar-refractivity contribution is 0.0996. The van der Waals surface area contributed by atoms with Crippen LogP contribution in [0.15, 0.2) is 77.4 Å². The van der Waals surface area contributed by atoms with Crippen LogP contribution >= 0.6 is 0 Å². The Balaban J connectivity index is 1.55. The maximum Gasteiger partial charge on any atom is 0.324 e. The molecule has 4 rings (SSSR count). The average Bonchev–Trinajstić information content (AvgIpc) is 3.26. The molecule has 1 N–H and O–H groups in total. The molecule has 0 saturated carbocycles. The van der Waals surface area contributed by atoms with E-state index < -0.39 is 0 Å². The molecule has 3 aromatic rings. The topological polar surface area (TPSA) is 65.8 Å². The second-order valence-corrected chi connectivity index (χ2v) is 6.64. The number of hydrogen-bond donors (Lipinski definition) is 1. The summed E-state index contributed by atoms with van der Waals surface area (Å²) in [5.74, 6) is -0.117. The number of carbonyl (C=O) groups excluding carboxylic acids is 2. The summed E-state index contributed by atoms with van der Waals surface area (Å²) in [6, 6.07) is 20.5. The van der Waals surface area contributed by atoms with Crippen molar-refractivity contribution >= 4 is 23.3 Å². The van der Waals surface area contributed by atoms with Crippen molar-refractivity contribution in [3.63, 3.8) is 0 Å². The highest BCUT2D eigenvalue weighted by Gasteiger charge is 2.28. The molecule has 0 unspecified atom stereocenters. The molecule has 1 saturated heterocycles. The number of nitrogens with zero attached hydrogens (tertiary/aromatic N) is 2. The van der Waals surface area contributed by atoms with Gasteiger partial charge in [-0.1, -0.05) is 42.5 Å². The highest BCUT2D eigenvalue weighted by molar-refractivity contribution is 6.06. The van der Waals surface area contributed by atoms with Crippen LogP contribution in [0.3, 0.4) is 0 Å². The normalized spacial score (nSPS) is 14.2. The molecule has 28 heavy (non-hydrogen) atoms. The molecule has 3 amide bonds. The van der Waals surface area contributed by atoms with Crippen molar-refractivity contribution in [3.05, 3.63) is 84.3 Å². The molecule has 0 atom stereocenters. The summed E-state index contributed by atoms with van der Waals surface area (Å²) in [6.45, 7) is 1.89. The van der Waals surface area contributed by atoms with E-state index in [1.54, 1.807) is 23.1 Å². The number of furan rings is 1. The Morgan fingerprint density at radius 1 is 0.964 bits per heavy atom. The van der Waals surface area contributed by atoms with Crippen LogP contribution in [0, 0.1) is 0 Å². The van der Waals surface area contributed by atoms with E-state index in [-0.39, 0.29) is 17.7 Å². The minimum Gasteiger partial charge on any atom is -0.459 e. The van der Waals surface area contributed by atoms with E-state index in [1.165, 1.54) is 6.26 Å². The number of anilines is 2. The van der Waals surface area contributed by atoms with Crippen molar-refractivity contribution in [1.82, 2.24) is 4.90 Å². The summed E-state index contributed by atoms with van der Waals surface area (Å²) < 4.78 is 5.16. The van der Waals surface area contributed by atoms with Gasteiger partial charge < -0.3 is 14.6 Å². The molecule has 2 aromatic carbocycles. The smallest absolute Gasteiger partial charge is 0.324 e. The van der Waals surface area contributed by atoms with Gasteiger partial charge in [-0.25, -0.2) is 4.79 Å². The largest absolute Gasteiger partial charge is 0.459 e. The summed E-state index contributed by atoms with van der Waals surface area (Å²) in [5, 5.41) is 2.85. The summed E-state index contributed by atoms with van der Waals surface area (Å²) in [7, 11) is 0. The molecule has 1 fully saturated rings. The van der Waals surface area contributed by atoms with Crippen LogP contribution in [0.1, 0.15) is 22.5 Å². The molecule has 0 aliphatic carbocycles. The fourth-order valence-electron chi connectivity index (χ4n) is 3.36. The Morgan fingerprint density at radius 3 is 2.54 bits per heavy atom. The van der Waals surface area contributed by atoms with E-state index >= 15 is 0 Å². The number of rotatable bonds is 5. The summed E-state index contributed by atoms with van der Waals surface area (Å²) in [6.07, 6.45) is 2.31. The fourth-order valence-corrected chi connectivity index (χ4v) is 3.36. The monoisotopic (exact) mass is 375 g/mol. The van der Waals surface area contributed by atoms with Gasteiger partial charge in [-0.15, -0.1) is 0 Å². The number of hydrogen-bond acceptors (Lipinski definition) is 3. The Labute approximate surface area is 163 Å². The standard InChI is InChI=1S/C22H21N3O3/c26-21(20-12-6-15-28-20)23-18-10-4-5-11-19(18)25-14-7-13-24(22(25)27)16-17-8-2-1-3-9-17/h1-6,8-12,15H,7,13-14,16H2,(H,23,26). The molecule has 0 spiro atoms. The van der Waals surface area contributed by atoms with Gasteiger partial charge in [0.2, 0.25) is 0 Å². The van der Waals surface area contributed by atoms with Crippen LogP contribution in [-0.2, 0) is 6.54 Å². The summed E-state index contributed by atoms with van der Waals surface area (Å²) in [4.78, 5) is 29.1. The second kappa shape index (κ2) is 8.00. The fraction of sp³-hybridized carbons (Fsp3) is 0.182. The van der Waals surface area contributed by atoms with Crippen molar-refractivity contribution in [2.24, 2.45) is 0 Å². The highest BCUT2D eigenvalue weighted by atomic mass is 16.3. The number of urea groups is 1. The van der Waals surface area contributed by atoms with Crippen LogP contribution < -0.4 is 10.2 Å². The third kappa shape index (κ3) is 3.76. The first-order valence-electron chi connectivity index (χ1n) is 9.26. The Hall–Kier alpha value is -3.54. The van der Waals surface area contributed by atoms with Gasteiger partial charge in [0.15, 0.2) is 5.76 Å². The van der Waals surface area contributed by atoms with Gasteiger partial charge in [0, 0.05) is 19.6 Å². The van der Waals surface area contributed by atoms with Gasteiger partial charge >= 0.3 is 6.03 Å². The zero-order chi connectivity index (χ0) is 19.3. The zero-order valence-corrected chi connectivity index (χ0v) is 15.4. The van der Waals surface area contributed by atoms with Gasteiger partial charge in [0.05, 0.1) is 17.6 Å². The van der Waals surface area contributed by atoms with Gasteiger partial charge in [0.25, 0.3) is 5.91 Å². The highest BCUT2D eigenvalue weighted by Crippen LogP contribution is 2.29. The van der Waals surface area contributed by atoms with Gasteiger partial charge in [-0.2, -0.15) is 0 Å². The SMILES string of the molecule is O=C(Nc1ccccc1N1CCCN(Cc2ccccc2)C1=O)c1ccco1. The van der Waals surface area contributed by atoms with E-state index in [2.05, 4.69) is 5.32 Å². The van der Waals surface area contributed by atoms with E-state index in [0.29, 0.717) is 31.0 Å². The van der Waals surface area contributed by atoms with Crippen LogP contribution in [0.4, 0.5) is 16.2 Å². The lowest BCUT2D eigenvalue weighted by Crippen LogP contribution is -2.49. The van der Waals surface area contributed by atoms with Crippen molar-refractivity contribution < 1.29 is 14.0 Å². The van der Waals surface area contributed by atoms with Crippen molar-refractivity contribution in [3.8, 4) is 0 Å². The molecule has 6 heteroatoms. The molecule has 0 radical (unpaired) electrons. The molecule has 0 bridgehead atoms. The molecule has 142 valence electrons. The maximum atomic E-state index is 13.1. The summed E-state index contributed by atoms with van der Waals surface area (Å²) >= 11 is 0. The molecule has 1 aromatic heterocycles. The van der Waals surface area contributed by atoms with E-state index in [4.69, 9.17) is 4.42 Å². The van der Waals surface area contributed by atoms with E-state index in [9.17, 15) is 9.59 Å².